The zero-order valence-electron chi connectivity index (χ0n) is 16.0. The molecule has 1 aliphatic carbocycles. The molecular weight excluding hydrogens is 524 g/mol. The zero-order valence-corrected chi connectivity index (χ0v) is 19.2. The highest BCUT2D eigenvalue weighted by Gasteiger charge is 2.61. The first kappa shape index (κ1) is 22.4. The van der Waals surface area contributed by atoms with E-state index in [4.69, 9.17) is 9.47 Å². The normalized spacial score (nSPS) is 19.9. The topological polar surface area (TPSA) is 59.3 Å². The van der Waals surface area contributed by atoms with Crippen LogP contribution in [0.3, 0.4) is 0 Å². The van der Waals surface area contributed by atoms with Crippen LogP contribution in [0.5, 0.6) is 11.5 Å². The predicted molar refractivity (Wildman–Crippen MR) is 114 cm³/mol. The lowest BCUT2D eigenvalue weighted by molar-refractivity contribution is -0.149. The van der Waals surface area contributed by atoms with Crippen LogP contribution in [0.15, 0.2) is 51.9 Å². The lowest BCUT2D eigenvalue weighted by Crippen LogP contribution is -2.14. The summed E-state index contributed by atoms with van der Waals surface area (Å²) < 4.78 is 38.8. The van der Waals surface area contributed by atoms with E-state index in [9.17, 15) is 18.8 Å². The Morgan fingerprint density at radius 1 is 1.20 bits per heavy atom. The van der Waals surface area contributed by atoms with Crippen LogP contribution in [-0.2, 0) is 9.53 Å². The van der Waals surface area contributed by atoms with Crippen molar-refractivity contribution in [3.05, 3.63) is 69.1 Å². The average molecular weight is 541 g/mol. The number of rotatable bonds is 6. The number of hydrogen-bond acceptors (Lipinski definition) is 4. The maximum Gasteiger partial charge on any atom is 0.311 e. The quantitative estimate of drug-likeness (QED) is 0.379. The Morgan fingerprint density at radius 3 is 2.47 bits per heavy atom. The molecule has 1 saturated carbocycles. The van der Waals surface area contributed by atoms with Gasteiger partial charge in [0.25, 0.3) is 0 Å². The molecule has 0 aromatic heterocycles. The lowest BCUT2D eigenvalue weighted by atomic mass is 10.1. The SMILES string of the molecule is CC1(C)[C@H](C(=O)O[C@H](C#N)c2ccc(F)c(Oc3ccc(F)cc3)c2)[C@@H]1C=C(Br)Br. The Hall–Kier alpha value is -2.24. The van der Waals surface area contributed by atoms with Crippen molar-refractivity contribution >= 4 is 37.8 Å². The highest BCUT2D eigenvalue weighted by Crippen LogP contribution is 2.60. The van der Waals surface area contributed by atoms with Crippen LogP contribution in [0.1, 0.15) is 25.5 Å². The van der Waals surface area contributed by atoms with Crippen LogP contribution < -0.4 is 4.74 Å². The maximum absolute atomic E-state index is 14.2. The van der Waals surface area contributed by atoms with E-state index < -0.39 is 29.6 Å². The fourth-order valence-electron chi connectivity index (χ4n) is 3.32. The average Bonchev–Trinajstić information content (AvgIpc) is 3.22. The van der Waals surface area contributed by atoms with Crippen molar-refractivity contribution < 1.29 is 23.0 Å². The number of nitrogens with zero attached hydrogens (tertiary/aromatic N) is 1. The van der Waals surface area contributed by atoms with E-state index in [0.29, 0.717) is 0 Å². The minimum absolute atomic E-state index is 0.0383. The van der Waals surface area contributed by atoms with E-state index in [1.165, 1.54) is 36.4 Å². The van der Waals surface area contributed by atoms with Crippen LogP contribution in [0.4, 0.5) is 8.78 Å². The van der Waals surface area contributed by atoms with Crippen LogP contribution in [0.25, 0.3) is 0 Å². The molecular formula is C22H17Br2F2NO3. The molecule has 0 amide bonds. The molecule has 1 fully saturated rings. The second-order valence-corrected chi connectivity index (χ2v) is 10.2. The zero-order chi connectivity index (χ0) is 22.1. The molecule has 3 atom stereocenters. The van der Waals surface area contributed by atoms with E-state index >= 15 is 0 Å². The summed E-state index contributed by atoms with van der Waals surface area (Å²) in [5.41, 5.74) is -0.0274. The summed E-state index contributed by atoms with van der Waals surface area (Å²) >= 11 is 6.59. The molecule has 2 aromatic rings. The van der Waals surface area contributed by atoms with E-state index in [-0.39, 0.29) is 28.4 Å². The molecule has 156 valence electrons. The van der Waals surface area contributed by atoms with Crippen molar-refractivity contribution in [2.75, 3.05) is 0 Å². The third-order valence-corrected chi connectivity index (χ3v) is 5.65. The standard InChI is InChI=1S/C22H17Br2F2NO3/c1-22(2)15(10-19(23)24)20(22)21(28)30-18(11-27)12-3-8-16(26)17(9-12)29-14-6-4-13(25)5-7-14/h3-10,15,18,20H,1-2H3/t15-,18+,20-/m0/s1. The molecule has 0 aliphatic heterocycles. The number of esters is 1. The summed E-state index contributed by atoms with van der Waals surface area (Å²) in [6.07, 6.45) is 0.655. The van der Waals surface area contributed by atoms with Crippen molar-refractivity contribution in [1.82, 2.24) is 0 Å². The van der Waals surface area contributed by atoms with Gasteiger partial charge in [-0.25, -0.2) is 8.78 Å². The largest absolute Gasteiger partial charge is 0.454 e. The van der Waals surface area contributed by atoms with Gasteiger partial charge in [0, 0.05) is 5.56 Å². The molecule has 0 N–H and O–H groups in total. The second-order valence-electron chi connectivity index (χ2n) is 7.47. The number of benzene rings is 2. The van der Waals surface area contributed by atoms with Gasteiger partial charge in [-0.1, -0.05) is 26.0 Å². The number of nitriles is 1. The Bertz CT molecular complexity index is 1030. The van der Waals surface area contributed by atoms with Gasteiger partial charge in [0.05, 0.1) is 9.31 Å². The number of carbonyl (C=O) groups excluding carboxylic acids is 1. The lowest BCUT2D eigenvalue weighted by Gasteiger charge is -2.14. The molecule has 0 unspecified atom stereocenters. The van der Waals surface area contributed by atoms with Crippen LogP contribution >= 0.6 is 31.9 Å². The minimum Gasteiger partial charge on any atom is -0.454 e. The molecule has 0 bridgehead atoms. The molecule has 2 aromatic carbocycles. The number of allylic oxidation sites excluding steroid dienone is 1. The Morgan fingerprint density at radius 2 is 1.87 bits per heavy atom. The Kier molecular flexibility index (Phi) is 6.63. The van der Waals surface area contributed by atoms with Gasteiger partial charge < -0.3 is 9.47 Å². The Balaban J connectivity index is 1.77. The fourth-order valence-corrected chi connectivity index (χ4v) is 3.89. The summed E-state index contributed by atoms with van der Waals surface area (Å²) in [5.74, 6) is -1.98. The monoisotopic (exact) mass is 539 g/mol. The van der Waals surface area contributed by atoms with E-state index in [2.05, 4.69) is 31.9 Å². The fraction of sp³-hybridized carbons (Fsp3) is 0.273. The molecule has 0 radical (unpaired) electrons. The first-order valence-electron chi connectivity index (χ1n) is 8.99. The van der Waals surface area contributed by atoms with Crippen molar-refractivity contribution in [2.24, 2.45) is 17.3 Å². The third-order valence-electron chi connectivity index (χ3n) is 5.12. The van der Waals surface area contributed by atoms with E-state index in [1.807, 2.05) is 26.0 Å². The van der Waals surface area contributed by atoms with Gasteiger partial charge in [-0.05, 0) is 79.6 Å². The number of ether oxygens (including phenoxy) is 2. The van der Waals surface area contributed by atoms with Crippen molar-refractivity contribution in [1.29, 1.82) is 5.26 Å². The second kappa shape index (κ2) is 8.86. The Labute approximate surface area is 189 Å². The van der Waals surface area contributed by atoms with Crippen LogP contribution in [0, 0.1) is 40.2 Å². The molecule has 30 heavy (non-hydrogen) atoms. The summed E-state index contributed by atoms with van der Waals surface area (Å²) in [6.45, 7) is 3.88. The molecule has 8 heteroatoms. The molecule has 0 saturated heterocycles. The first-order chi connectivity index (χ1) is 14.1. The van der Waals surface area contributed by atoms with Gasteiger partial charge in [0.1, 0.15) is 17.6 Å². The van der Waals surface area contributed by atoms with Gasteiger partial charge in [0.2, 0.25) is 6.10 Å². The summed E-state index contributed by atoms with van der Waals surface area (Å²) in [7, 11) is 0. The molecule has 3 rings (SSSR count). The maximum atomic E-state index is 14.2. The van der Waals surface area contributed by atoms with Crippen molar-refractivity contribution in [2.45, 2.75) is 20.0 Å². The van der Waals surface area contributed by atoms with Crippen molar-refractivity contribution in [3.63, 3.8) is 0 Å². The van der Waals surface area contributed by atoms with Gasteiger partial charge in [-0.15, -0.1) is 0 Å². The number of halogens is 4. The predicted octanol–water partition coefficient (Wildman–Crippen LogP) is 6.77. The van der Waals surface area contributed by atoms with Crippen molar-refractivity contribution in [3.8, 4) is 17.6 Å². The summed E-state index contributed by atoms with van der Waals surface area (Å²) in [5, 5.41) is 9.52. The molecule has 4 nitrogen and oxygen atoms in total. The first-order valence-corrected chi connectivity index (χ1v) is 10.6. The highest BCUT2D eigenvalue weighted by atomic mass is 79.9. The van der Waals surface area contributed by atoms with E-state index in [0.717, 1.165) is 9.46 Å². The van der Waals surface area contributed by atoms with Crippen LogP contribution in [-0.4, -0.2) is 5.97 Å². The molecule has 0 heterocycles. The summed E-state index contributed by atoms with van der Waals surface area (Å²) in [6, 6.07) is 10.8. The third kappa shape index (κ3) is 4.90. The van der Waals surface area contributed by atoms with Gasteiger partial charge in [-0.3, -0.25) is 4.79 Å². The smallest absolute Gasteiger partial charge is 0.311 e. The number of carbonyl (C=O) groups is 1. The highest BCUT2D eigenvalue weighted by molar-refractivity contribution is 9.28. The summed E-state index contributed by atoms with van der Waals surface area (Å²) in [4.78, 5) is 12.7. The van der Waals surface area contributed by atoms with Crippen LogP contribution in [0.2, 0.25) is 0 Å². The van der Waals surface area contributed by atoms with Gasteiger partial charge >= 0.3 is 5.97 Å². The molecule has 0 spiro atoms. The van der Waals surface area contributed by atoms with E-state index in [1.54, 1.807) is 0 Å². The minimum atomic E-state index is -1.22. The molecule has 1 aliphatic rings. The van der Waals surface area contributed by atoms with Gasteiger partial charge in [-0.2, -0.15) is 5.26 Å². The number of hydrogen-bond donors (Lipinski definition) is 0. The van der Waals surface area contributed by atoms with Gasteiger partial charge in [0.15, 0.2) is 11.6 Å².